The zero-order valence-corrected chi connectivity index (χ0v) is 18.6. The summed E-state index contributed by atoms with van der Waals surface area (Å²) in [7, 11) is 0. The molecule has 2 atom stereocenters. The van der Waals surface area contributed by atoms with E-state index in [2.05, 4.69) is 11.4 Å². The number of phenolic OH excluding ortho intramolecular Hbond substituents is 1. The summed E-state index contributed by atoms with van der Waals surface area (Å²) < 4.78 is 6.00. The average Bonchev–Trinajstić information content (AvgIpc) is 2.77. The summed E-state index contributed by atoms with van der Waals surface area (Å²) in [6.07, 6.45) is 3.31. The maximum Gasteiger partial charge on any atom is 0.237 e. The summed E-state index contributed by atoms with van der Waals surface area (Å²) in [5.74, 6) is 1.61. The van der Waals surface area contributed by atoms with Crippen LogP contribution in [0.1, 0.15) is 46.7 Å². The van der Waals surface area contributed by atoms with Crippen molar-refractivity contribution in [2.45, 2.75) is 51.6 Å². The van der Waals surface area contributed by atoms with E-state index >= 15 is 0 Å². The summed E-state index contributed by atoms with van der Waals surface area (Å²) in [6, 6.07) is 18.5. The number of aryl methyl sites for hydroxylation is 3. The van der Waals surface area contributed by atoms with Crippen molar-refractivity contribution >= 4 is 5.91 Å². The first-order valence-electron chi connectivity index (χ1n) is 11.1. The van der Waals surface area contributed by atoms with Gasteiger partial charge in [0.05, 0.1) is 12.1 Å². The number of fused-ring (bicyclic) bond motifs is 1. The number of hydrogen-bond donors (Lipinski definition) is 3. The Morgan fingerprint density at radius 3 is 2.53 bits per heavy atom. The molecule has 5 nitrogen and oxygen atoms in total. The summed E-state index contributed by atoms with van der Waals surface area (Å²) in [5, 5.41) is 12.9. The van der Waals surface area contributed by atoms with Crippen molar-refractivity contribution in [3.05, 3.63) is 88.5 Å². The van der Waals surface area contributed by atoms with Crippen LogP contribution in [0.25, 0.3) is 0 Å². The van der Waals surface area contributed by atoms with Gasteiger partial charge in [0.25, 0.3) is 0 Å². The normalized spacial score (nSPS) is 16.2. The van der Waals surface area contributed by atoms with Crippen molar-refractivity contribution < 1.29 is 14.6 Å². The Balaban J connectivity index is 1.48. The Hall–Kier alpha value is -3.31. The van der Waals surface area contributed by atoms with Crippen LogP contribution in [0.3, 0.4) is 0 Å². The van der Waals surface area contributed by atoms with E-state index in [0.717, 1.165) is 53.0 Å². The molecule has 5 heteroatoms. The van der Waals surface area contributed by atoms with Crippen molar-refractivity contribution in [2.75, 3.05) is 0 Å². The number of carbonyl (C=O) groups excluding carboxylic acids is 1. The van der Waals surface area contributed by atoms with Crippen molar-refractivity contribution in [2.24, 2.45) is 5.73 Å². The molecular formula is C27H30N2O3. The minimum absolute atomic E-state index is 0.0846. The van der Waals surface area contributed by atoms with E-state index < -0.39 is 6.04 Å². The first-order valence-corrected chi connectivity index (χ1v) is 11.1. The summed E-state index contributed by atoms with van der Waals surface area (Å²) in [6.45, 7) is 3.86. The molecule has 0 spiro atoms. The fourth-order valence-corrected chi connectivity index (χ4v) is 4.50. The van der Waals surface area contributed by atoms with Gasteiger partial charge in [-0.3, -0.25) is 4.79 Å². The summed E-state index contributed by atoms with van der Waals surface area (Å²) in [4.78, 5) is 13.0. The molecule has 0 radical (unpaired) electrons. The second-order valence-corrected chi connectivity index (χ2v) is 8.60. The number of benzene rings is 3. The molecule has 0 heterocycles. The van der Waals surface area contributed by atoms with Gasteiger partial charge in [0.1, 0.15) is 17.2 Å². The molecule has 0 bridgehead atoms. The van der Waals surface area contributed by atoms with Crippen molar-refractivity contribution in [3.8, 4) is 17.2 Å². The Bertz CT molecular complexity index is 1090. The highest BCUT2D eigenvalue weighted by Crippen LogP contribution is 2.34. The van der Waals surface area contributed by atoms with Gasteiger partial charge in [-0.05, 0) is 104 Å². The lowest BCUT2D eigenvalue weighted by Crippen LogP contribution is -2.44. The Morgan fingerprint density at radius 1 is 1.09 bits per heavy atom. The van der Waals surface area contributed by atoms with Gasteiger partial charge in [-0.2, -0.15) is 0 Å². The molecule has 0 saturated carbocycles. The van der Waals surface area contributed by atoms with Gasteiger partial charge >= 0.3 is 0 Å². The number of carbonyl (C=O) groups is 1. The smallest absolute Gasteiger partial charge is 0.237 e. The van der Waals surface area contributed by atoms with Crippen LogP contribution < -0.4 is 15.8 Å². The number of amides is 1. The maximum atomic E-state index is 13.0. The number of nitrogens with one attached hydrogen (secondary N) is 1. The first kappa shape index (κ1) is 21.9. The molecule has 166 valence electrons. The third-order valence-electron chi connectivity index (χ3n) is 6.17. The Morgan fingerprint density at radius 2 is 1.81 bits per heavy atom. The molecule has 4 N–H and O–H groups in total. The molecular weight excluding hydrogens is 400 g/mol. The molecule has 0 saturated heterocycles. The van der Waals surface area contributed by atoms with Crippen LogP contribution in [-0.4, -0.2) is 17.1 Å². The van der Waals surface area contributed by atoms with Crippen LogP contribution in [0.15, 0.2) is 60.7 Å². The number of aromatic hydroxyl groups is 1. The predicted molar refractivity (Wildman–Crippen MR) is 126 cm³/mol. The predicted octanol–water partition coefficient (Wildman–Crippen LogP) is 4.86. The topological polar surface area (TPSA) is 84.6 Å². The molecule has 3 aromatic carbocycles. The summed E-state index contributed by atoms with van der Waals surface area (Å²) in [5.41, 5.74) is 11.5. The molecule has 1 amide bonds. The van der Waals surface area contributed by atoms with E-state index in [0.29, 0.717) is 6.42 Å². The zero-order valence-electron chi connectivity index (χ0n) is 18.6. The second kappa shape index (κ2) is 9.45. The van der Waals surface area contributed by atoms with Crippen molar-refractivity contribution in [3.63, 3.8) is 0 Å². The molecule has 1 aliphatic rings. The van der Waals surface area contributed by atoms with Gasteiger partial charge in [0, 0.05) is 0 Å². The minimum atomic E-state index is -0.661. The molecule has 4 rings (SSSR count). The standard InChI is InChI=1S/C27H30N2O3/c1-17-13-20(30)14-18(2)23(17)16-25(28)27(31)29-26-10-6-7-19-11-12-22(15-24(19)26)32-21-8-4-3-5-9-21/h3-5,8-9,11-15,25-26,30H,6-7,10,16,28H2,1-2H3,(H,29,31). The first-order chi connectivity index (χ1) is 15.4. The Kier molecular flexibility index (Phi) is 6.47. The van der Waals surface area contributed by atoms with Gasteiger partial charge in [-0.1, -0.05) is 24.3 Å². The highest BCUT2D eigenvalue weighted by molar-refractivity contribution is 5.82. The van der Waals surface area contributed by atoms with Crippen LogP contribution in [0.5, 0.6) is 17.2 Å². The lowest BCUT2D eigenvalue weighted by atomic mass is 9.87. The Labute approximate surface area is 189 Å². The van der Waals surface area contributed by atoms with Gasteiger partial charge in [-0.25, -0.2) is 0 Å². The summed E-state index contributed by atoms with van der Waals surface area (Å²) >= 11 is 0. The molecule has 32 heavy (non-hydrogen) atoms. The largest absolute Gasteiger partial charge is 0.508 e. The average molecular weight is 431 g/mol. The van der Waals surface area contributed by atoms with E-state index in [-0.39, 0.29) is 17.7 Å². The SMILES string of the molecule is Cc1cc(O)cc(C)c1CC(N)C(=O)NC1CCCc2ccc(Oc3ccccc3)cc21. The quantitative estimate of drug-likeness (QED) is 0.521. The maximum absolute atomic E-state index is 13.0. The third kappa shape index (κ3) is 4.94. The van der Waals surface area contributed by atoms with Crippen LogP contribution >= 0.6 is 0 Å². The van der Waals surface area contributed by atoms with Crippen molar-refractivity contribution in [1.82, 2.24) is 5.32 Å². The monoisotopic (exact) mass is 430 g/mol. The van der Waals surface area contributed by atoms with Gasteiger partial charge in [-0.15, -0.1) is 0 Å². The minimum Gasteiger partial charge on any atom is -0.508 e. The van der Waals surface area contributed by atoms with Gasteiger partial charge in [0.15, 0.2) is 0 Å². The lowest BCUT2D eigenvalue weighted by molar-refractivity contribution is -0.123. The fourth-order valence-electron chi connectivity index (χ4n) is 4.50. The van der Waals surface area contributed by atoms with Crippen LogP contribution in [-0.2, 0) is 17.6 Å². The number of hydrogen-bond acceptors (Lipinski definition) is 4. The zero-order chi connectivity index (χ0) is 22.7. The van der Waals surface area contributed by atoms with Gasteiger partial charge in [0.2, 0.25) is 5.91 Å². The molecule has 0 aliphatic heterocycles. The number of rotatable bonds is 6. The molecule has 1 aliphatic carbocycles. The molecule has 0 aromatic heterocycles. The highest BCUT2D eigenvalue weighted by atomic mass is 16.5. The van der Waals surface area contributed by atoms with Crippen molar-refractivity contribution in [1.29, 1.82) is 0 Å². The molecule has 0 fully saturated rings. The van der Waals surface area contributed by atoms with Crippen LogP contribution in [0.4, 0.5) is 0 Å². The second-order valence-electron chi connectivity index (χ2n) is 8.60. The number of para-hydroxylation sites is 1. The lowest BCUT2D eigenvalue weighted by Gasteiger charge is -2.28. The number of nitrogens with two attached hydrogens (primary N) is 1. The molecule has 3 aromatic rings. The van der Waals surface area contributed by atoms with Crippen LogP contribution in [0.2, 0.25) is 0 Å². The third-order valence-corrected chi connectivity index (χ3v) is 6.17. The molecule has 2 unspecified atom stereocenters. The van der Waals surface area contributed by atoms with Crippen LogP contribution in [0, 0.1) is 13.8 Å². The highest BCUT2D eigenvalue weighted by Gasteiger charge is 2.25. The number of ether oxygens (including phenoxy) is 1. The van der Waals surface area contributed by atoms with E-state index in [4.69, 9.17) is 10.5 Å². The van der Waals surface area contributed by atoms with Gasteiger partial charge < -0.3 is 20.9 Å². The van der Waals surface area contributed by atoms with E-state index in [1.807, 2.05) is 56.3 Å². The van der Waals surface area contributed by atoms with E-state index in [1.165, 1.54) is 5.56 Å². The van der Waals surface area contributed by atoms with E-state index in [9.17, 15) is 9.90 Å². The number of phenols is 1. The van der Waals surface area contributed by atoms with E-state index in [1.54, 1.807) is 12.1 Å². The fraction of sp³-hybridized carbons (Fsp3) is 0.296.